The molecule has 1 saturated heterocycles. The first kappa shape index (κ1) is 27.0. The summed E-state index contributed by atoms with van der Waals surface area (Å²) in [6.07, 6.45) is 6.39. The third-order valence-electron chi connectivity index (χ3n) is 8.55. The zero-order valence-electron chi connectivity index (χ0n) is 23.4. The summed E-state index contributed by atoms with van der Waals surface area (Å²) < 4.78 is 7.81. The van der Waals surface area contributed by atoms with Gasteiger partial charge in [0.05, 0.1) is 17.5 Å². The molecule has 0 radical (unpaired) electrons. The van der Waals surface area contributed by atoms with Gasteiger partial charge in [-0.15, -0.1) is 0 Å². The van der Waals surface area contributed by atoms with Gasteiger partial charge in [-0.1, -0.05) is 60.0 Å². The van der Waals surface area contributed by atoms with E-state index in [9.17, 15) is 4.79 Å². The van der Waals surface area contributed by atoms with E-state index in [1.807, 2.05) is 24.3 Å². The molecule has 1 aliphatic heterocycles. The van der Waals surface area contributed by atoms with E-state index >= 15 is 0 Å². The lowest BCUT2D eigenvalue weighted by molar-refractivity contribution is -0.140. The van der Waals surface area contributed by atoms with Gasteiger partial charge in [-0.25, -0.2) is 4.98 Å². The van der Waals surface area contributed by atoms with Gasteiger partial charge in [0.2, 0.25) is 5.91 Å². The number of carbonyl (C=O) groups excluding carboxylic acids is 1. The van der Waals surface area contributed by atoms with Crippen LogP contribution in [0.2, 0.25) is 5.02 Å². The molecule has 0 unspecified atom stereocenters. The number of rotatable bonds is 6. The molecule has 0 N–H and O–H groups in total. The number of aryl methyl sites for hydroxylation is 1. The topological polar surface area (TPSA) is 50.1 Å². The van der Waals surface area contributed by atoms with Crippen LogP contribution >= 0.6 is 11.6 Å². The summed E-state index contributed by atoms with van der Waals surface area (Å²) in [5.74, 6) is 0.404. The molecule has 2 aromatic carbocycles. The molecular formula is C33H37ClN4O2. The van der Waals surface area contributed by atoms with Crippen LogP contribution in [-0.4, -0.2) is 64.5 Å². The van der Waals surface area contributed by atoms with Gasteiger partial charge >= 0.3 is 0 Å². The van der Waals surface area contributed by atoms with Crippen molar-refractivity contribution in [2.75, 3.05) is 33.3 Å². The average Bonchev–Trinajstić information content (AvgIpc) is 3.35. The molecule has 0 bridgehead atoms. The highest BCUT2D eigenvalue weighted by molar-refractivity contribution is 6.30. The molecule has 2 aliphatic rings. The quantitative estimate of drug-likeness (QED) is 0.273. The number of benzene rings is 2. The van der Waals surface area contributed by atoms with Gasteiger partial charge in [0.25, 0.3) is 0 Å². The summed E-state index contributed by atoms with van der Waals surface area (Å²) in [6, 6.07) is 20.8. The van der Waals surface area contributed by atoms with Crippen molar-refractivity contribution in [3.05, 3.63) is 83.1 Å². The maximum atomic E-state index is 13.3. The summed E-state index contributed by atoms with van der Waals surface area (Å²) in [4.78, 5) is 22.9. The van der Waals surface area contributed by atoms with Crippen LogP contribution < -0.4 is 0 Å². The van der Waals surface area contributed by atoms with Crippen molar-refractivity contribution in [2.24, 2.45) is 5.92 Å². The van der Waals surface area contributed by atoms with Crippen LogP contribution in [-0.2, 0) is 16.1 Å². The van der Waals surface area contributed by atoms with Crippen LogP contribution in [0.15, 0.2) is 66.9 Å². The summed E-state index contributed by atoms with van der Waals surface area (Å²) in [7, 11) is 1.76. The summed E-state index contributed by atoms with van der Waals surface area (Å²) in [5, 5.41) is 0.714. The maximum absolute atomic E-state index is 13.3. The minimum absolute atomic E-state index is 0.0978. The molecule has 1 aliphatic carbocycles. The summed E-state index contributed by atoms with van der Waals surface area (Å²) >= 11 is 6.21. The molecule has 6 rings (SSSR count). The third kappa shape index (κ3) is 5.67. The number of methoxy groups -OCH3 is 1. The second-order valence-electron chi connectivity index (χ2n) is 11.3. The number of hydrogen-bond acceptors (Lipinski definition) is 4. The van der Waals surface area contributed by atoms with E-state index in [2.05, 4.69) is 63.7 Å². The Hall–Kier alpha value is -3.19. The first-order chi connectivity index (χ1) is 19.5. The smallest absolute Gasteiger partial charge is 0.225 e. The molecule has 1 amide bonds. The van der Waals surface area contributed by atoms with Gasteiger partial charge in [0, 0.05) is 62.5 Å². The van der Waals surface area contributed by atoms with E-state index in [-0.39, 0.29) is 12.0 Å². The van der Waals surface area contributed by atoms with Crippen molar-refractivity contribution in [2.45, 2.75) is 45.3 Å². The lowest BCUT2D eigenvalue weighted by atomic mass is 9.86. The number of hydrogen-bond donors (Lipinski definition) is 0. The molecule has 2 fully saturated rings. The summed E-state index contributed by atoms with van der Waals surface area (Å²) in [6.45, 7) is 6.09. The first-order valence-electron chi connectivity index (χ1n) is 14.4. The minimum Gasteiger partial charge on any atom is -0.381 e. The van der Waals surface area contributed by atoms with Gasteiger partial charge < -0.3 is 14.0 Å². The molecular weight excluding hydrogens is 520 g/mol. The molecule has 2 aromatic heterocycles. The van der Waals surface area contributed by atoms with Crippen LogP contribution in [0.25, 0.3) is 28.0 Å². The van der Waals surface area contributed by atoms with Crippen LogP contribution in [0.4, 0.5) is 0 Å². The molecule has 4 aromatic rings. The molecule has 208 valence electrons. The predicted molar refractivity (Wildman–Crippen MR) is 160 cm³/mol. The fraction of sp³-hybridized carbons (Fsp3) is 0.394. The van der Waals surface area contributed by atoms with Crippen LogP contribution in [0.1, 0.15) is 36.9 Å². The zero-order valence-corrected chi connectivity index (χ0v) is 24.1. The number of carbonyl (C=O) groups is 1. The molecule has 7 heteroatoms. The average molecular weight is 557 g/mol. The Bertz CT molecular complexity index is 1490. The lowest BCUT2D eigenvalue weighted by Crippen LogP contribution is -2.50. The fourth-order valence-corrected chi connectivity index (χ4v) is 6.38. The van der Waals surface area contributed by atoms with E-state index in [0.717, 1.165) is 86.6 Å². The van der Waals surface area contributed by atoms with Crippen LogP contribution in [0.5, 0.6) is 0 Å². The number of aromatic nitrogens is 2. The first-order valence-corrected chi connectivity index (χ1v) is 14.7. The number of fused-ring (bicyclic) bond motifs is 1. The second kappa shape index (κ2) is 11.7. The highest BCUT2D eigenvalue weighted by atomic mass is 35.5. The molecule has 6 nitrogen and oxygen atoms in total. The van der Waals surface area contributed by atoms with Gasteiger partial charge in [-0.05, 0) is 61.6 Å². The third-order valence-corrected chi connectivity index (χ3v) is 8.80. The Morgan fingerprint density at radius 3 is 2.50 bits per heavy atom. The zero-order chi connectivity index (χ0) is 27.6. The van der Waals surface area contributed by atoms with E-state index in [0.29, 0.717) is 10.9 Å². The number of nitrogens with zero attached hydrogens (tertiary/aromatic N) is 4. The standard InChI is InChI=1S/C33H37ClN4O2/c1-23-5-3-6-25(19-23)27-11-14-31-35-32(24-9-12-28(34)13-10-24)30(38(31)21-27)22-36-15-17-37(18-16-36)33(39)26-7-4-8-29(20-26)40-2/h3,5-6,9-14,19,21,26,29H,4,7-8,15-18,20,22H2,1-2H3/t26-,29-/m1/s1. The number of halogens is 1. The summed E-state index contributed by atoms with van der Waals surface area (Å²) in [5.41, 5.74) is 7.71. The van der Waals surface area contributed by atoms with E-state index in [1.54, 1.807) is 7.11 Å². The monoisotopic (exact) mass is 556 g/mol. The van der Waals surface area contributed by atoms with Gasteiger partial charge in [0.1, 0.15) is 5.65 Å². The Morgan fingerprint density at radius 1 is 0.975 bits per heavy atom. The molecule has 3 heterocycles. The minimum atomic E-state index is 0.0978. The van der Waals surface area contributed by atoms with Crippen LogP contribution in [0, 0.1) is 12.8 Å². The number of amides is 1. The fourth-order valence-electron chi connectivity index (χ4n) is 6.26. The second-order valence-corrected chi connectivity index (χ2v) is 11.7. The van der Waals surface area contributed by atoms with Crippen molar-refractivity contribution in [1.82, 2.24) is 19.2 Å². The number of imidazole rings is 1. The van der Waals surface area contributed by atoms with Crippen LogP contribution in [0.3, 0.4) is 0 Å². The van der Waals surface area contributed by atoms with Crippen molar-refractivity contribution in [1.29, 1.82) is 0 Å². The molecule has 40 heavy (non-hydrogen) atoms. The lowest BCUT2D eigenvalue weighted by Gasteiger charge is -2.38. The van der Waals surface area contributed by atoms with Crippen molar-refractivity contribution in [3.63, 3.8) is 0 Å². The van der Waals surface area contributed by atoms with E-state index in [4.69, 9.17) is 21.3 Å². The van der Waals surface area contributed by atoms with Gasteiger partial charge in [-0.2, -0.15) is 0 Å². The Balaban J connectivity index is 1.25. The normalized spacial score (nSPS) is 20.2. The van der Waals surface area contributed by atoms with E-state index < -0.39 is 0 Å². The largest absolute Gasteiger partial charge is 0.381 e. The van der Waals surface area contributed by atoms with E-state index in [1.165, 1.54) is 11.1 Å². The SMILES string of the molecule is CO[C@@H]1CCC[C@@H](C(=O)N2CCN(Cc3c(-c4ccc(Cl)cc4)nc4ccc(-c5cccc(C)c5)cn34)CC2)C1. The number of ether oxygens (including phenoxy) is 1. The number of piperazine rings is 1. The number of pyridine rings is 1. The highest BCUT2D eigenvalue weighted by Crippen LogP contribution is 2.31. The van der Waals surface area contributed by atoms with Gasteiger partial charge in [-0.3, -0.25) is 9.69 Å². The maximum Gasteiger partial charge on any atom is 0.225 e. The molecule has 2 atom stereocenters. The van der Waals surface area contributed by atoms with Crippen molar-refractivity contribution >= 4 is 23.2 Å². The predicted octanol–water partition coefficient (Wildman–Crippen LogP) is 6.48. The van der Waals surface area contributed by atoms with Gasteiger partial charge in [0.15, 0.2) is 0 Å². The Labute approximate surface area is 241 Å². The Morgan fingerprint density at radius 2 is 1.75 bits per heavy atom. The molecule has 1 saturated carbocycles. The highest BCUT2D eigenvalue weighted by Gasteiger charge is 2.32. The van der Waals surface area contributed by atoms with Crippen molar-refractivity contribution < 1.29 is 9.53 Å². The van der Waals surface area contributed by atoms with Crippen molar-refractivity contribution in [3.8, 4) is 22.4 Å². The Kier molecular flexibility index (Phi) is 7.92. The molecule has 0 spiro atoms.